The Morgan fingerprint density at radius 1 is 1.14 bits per heavy atom. The first kappa shape index (κ1) is 14.3. The Balaban J connectivity index is 1.66. The van der Waals surface area contributed by atoms with Gasteiger partial charge < -0.3 is 5.32 Å². The van der Waals surface area contributed by atoms with Gasteiger partial charge in [0.2, 0.25) is 5.91 Å². The minimum absolute atomic E-state index is 0.229. The van der Waals surface area contributed by atoms with Crippen molar-refractivity contribution in [2.24, 2.45) is 5.92 Å². The highest BCUT2D eigenvalue weighted by Crippen LogP contribution is 2.27. The molecule has 1 heterocycles. The van der Waals surface area contributed by atoms with Crippen LogP contribution >= 0.6 is 11.3 Å². The Labute approximate surface area is 130 Å². The second-order valence-electron chi connectivity index (χ2n) is 5.72. The Morgan fingerprint density at radius 3 is 2.71 bits per heavy atom. The van der Waals surface area contributed by atoms with Crippen molar-refractivity contribution in [2.75, 3.05) is 0 Å². The van der Waals surface area contributed by atoms with Crippen molar-refractivity contribution in [1.29, 1.82) is 0 Å². The molecule has 1 aromatic carbocycles. The molecule has 2 nitrogen and oxygen atoms in total. The quantitative estimate of drug-likeness (QED) is 0.877. The Hall–Kier alpha value is -1.61. The standard InChI is InChI=1S/C18H21NOS/c20-18(14-6-2-1-3-7-14)19-12-15-8-4-5-9-17(15)16-10-11-21-13-16/h4-5,8-11,13-14H,1-3,6-7,12H2,(H,19,20). The van der Waals surface area contributed by atoms with Gasteiger partial charge in [-0.3, -0.25) is 4.79 Å². The van der Waals surface area contributed by atoms with Gasteiger partial charge in [0.25, 0.3) is 0 Å². The molecule has 1 N–H and O–H groups in total. The van der Waals surface area contributed by atoms with Crippen molar-refractivity contribution in [3.05, 3.63) is 46.7 Å². The first-order chi connectivity index (χ1) is 10.3. The van der Waals surface area contributed by atoms with E-state index in [2.05, 4.69) is 40.3 Å². The first-order valence-electron chi connectivity index (χ1n) is 7.73. The van der Waals surface area contributed by atoms with E-state index in [9.17, 15) is 4.79 Å². The second kappa shape index (κ2) is 6.90. The molecule has 0 atom stereocenters. The number of thiophene rings is 1. The van der Waals surface area contributed by atoms with Gasteiger partial charge in [0.1, 0.15) is 0 Å². The molecule has 0 bridgehead atoms. The summed E-state index contributed by atoms with van der Waals surface area (Å²) in [6, 6.07) is 10.5. The molecule has 110 valence electrons. The van der Waals surface area contributed by atoms with Crippen molar-refractivity contribution in [1.82, 2.24) is 5.32 Å². The third-order valence-electron chi connectivity index (χ3n) is 4.28. The molecule has 1 saturated carbocycles. The molecule has 3 heteroatoms. The van der Waals surface area contributed by atoms with E-state index in [0.717, 1.165) is 12.8 Å². The maximum atomic E-state index is 12.3. The summed E-state index contributed by atoms with van der Waals surface area (Å²) in [5.41, 5.74) is 3.66. The molecular formula is C18H21NOS. The van der Waals surface area contributed by atoms with E-state index in [-0.39, 0.29) is 11.8 Å². The van der Waals surface area contributed by atoms with Gasteiger partial charge in [-0.1, -0.05) is 43.5 Å². The minimum Gasteiger partial charge on any atom is -0.352 e. The van der Waals surface area contributed by atoms with Crippen molar-refractivity contribution in [3.8, 4) is 11.1 Å². The van der Waals surface area contributed by atoms with Gasteiger partial charge in [-0.25, -0.2) is 0 Å². The van der Waals surface area contributed by atoms with E-state index in [4.69, 9.17) is 0 Å². The van der Waals surface area contributed by atoms with Crippen LogP contribution in [0.15, 0.2) is 41.1 Å². The van der Waals surface area contributed by atoms with Crippen molar-refractivity contribution >= 4 is 17.2 Å². The fourth-order valence-corrected chi connectivity index (χ4v) is 3.72. The summed E-state index contributed by atoms with van der Waals surface area (Å²) in [7, 11) is 0. The van der Waals surface area contributed by atoms with Gasteiger partial charge in [-0.15, -0.1) is 0 Å². The molecule has 1 aliphatic carbocycles. The average molecular weight is 299 g/mol. The van der Waals surface area contributed by atoms with Crippen LogP contribution in [0, 0.1) is 5.92 Å². The van der Waals surface area contributed by atoms with Crippen LogP contribution in [-0.2, 0) is 11.3 Å². The van der Waals surface area contributed by atoms with E-state index in [1.165, 1.54) is 36.0 Å². The lowest BCUT2D eigenvalue weighted by molar-refractivity contribution is -0.126. The number of hydrogen-bond donors (Lipinski definition) is 1. The zero-order valence-corrected chi connectivity index (χ0v) is 13.0. The largest absolute Gasteiger partial charge is 0.352 e. The molecule has 3 rings (SSSR count). The molecule has 0 saturated heterocycles. The molecule has 2 aromatic rings. The van der Waals surface area contributed by atoms with Gasteiger partial charge in [0.15, 0.2) is 0 Å². The van der Waals surface area contributed by atoms with E-state index < -0.39 is 0 Å². The predicted molar refractivity (Wildman–Crippen MR) is 88.2 cm³/mol. The molecule has 1 aromatic heterocycles. The minimum atomic E-state index is 0.229. The van der Waals surface area contributed by atoms with Crippen LogP contribution < -0.4 is 5.32 Å². The molecule has 0 unspecified atom stereocenters. The molecule has 1 aliphatic rings. The Bertz CT molecular complexity index is 585. The third kappa shape index (κ3) is 3.53. The zero-order chi connectivity index (χ0) is 14.5. The molecule has 1 amide bonds. The number of rotatable bonds is 4. The zero-order valence-electron chi connectivity index (χ0n) is 12.2. The lowest BCUT2D eigenvalue weighted by Crippen LogP contribution is -2.31. The highest BCUT2D eigenvalue weighted by Gasteiger charge is 2.20. The van der Waals surface area contributed by atoms with Gasteiger partial charge in [-0.05, 0) is 46.4 Å². The van der Waals surface area contributed by atoms with Crippen molar-refractivity contribution < 1.29 is 4.79 Å². The number of hydrogen-bond acceptors (Lipinski definition) is 2. The van der Waals surface area contributed by atoms with E-state index in [0.29, 0.717) is 6.54 Å². The summed E-state index contributed by atoms with van der Waals surface area (Å²) in [4.78, 5) is 12.3. The smallest absolute Gasteiger partial charge is 0.223 e. The van der Waals surface area contributed by atoms with Gasteiger partial charge >= 0.3 is 0 Å². The fourth-order valence-electron chi connectivity index (χ4n) is 3.07. The first-order valence-corrected chi connectivity index (χ1v) is 8.67. The Morgan fingerprint density at radius 2 is 1.95 bits per heavy atom. The molecule has 0 radical (unpaired) electrons. The van der Waals surface area contributed by atoms with Gasteiger partial charge in [-0.2, -0.15) is 11.3 Å². The number of benzene rings is 1. The predicted octanol–water partition coefficient (Wildman–Crippen LogP) is 4.61. The van der Waals surface area contributed by atoms with Crippen LogP contribution in [0.3, 0.4) is 0 Å². The van der Waals surface area contributed by atoms with Crippen LogP contribution in [0.5, 0.6) is 0 Å². The highest BCUT2D eigenvalue weighted by atomic mass is 32.1. The number of carbonyl (C=O) groups is 1. The van der Waals surface area contributed by atoms with Gasteiger partial charge in [0.05, 0.1) is 0 Å². The van der Waals surface area contributed by atoms with Crippen LogP contribution in [0.2, 0.25) is 0 Å². The third-order valence-corrected chi connectivity index (χ3v) is 4.96. The average Bonchev–Trinajstić information content (AvgIpc) is 3.08. The summed E-state index contributed by atoms with van der Waals surface area (Å²) in [6.45, 7) is 0.626. The maximum Gasteiger partial charge on any atom is 0.223 e. The summed E-state index contributed by atoms with van der Waals surface area (Å²) < 4.78 is 0. The molecule has 21 heavy (non-hydrogen) atoms. The number of nitrogens with one attached hydrogen (secondary N) is 1. The van der Waals surface area contributed by atoms with Crippen LogP contribution in [-0.4, -0.2) is 5.91 Å². The summed E-state index contributed by atoms with van der Waals surface area (Å²) in [6.07, 6.45) is 5.79. The summed E-state index contributed by atoms with van der Waals surface area (Å²) >= 11 is 1.70. The van der Waals surface area contributed by atoms with Crippen molar-refractivity contribution in [2.45, 2.75) is 38.6 Å². The monoisotopic (exact) mass is 299 g/mol. The summed E-state index contributed by atoms with van der Waals surface area (Å²) in [5.74, 6) is 0.460. The molecule has 0 aliphatic heterocycles. The highest BCUT2D eigenvalue weighted by molar-refractivity contribution is 7.08. The van der Waals surface area contributed by atoms with Crippen LogP contribution in [0.4, 0.5) is 0 Å². The lowest BCUT2D eigenvalue weighted by Gasteiger charge is -2.21. The van der Waals surface area contributed by atoms with E-state index in [1.54, 1.807) is 11.3 Å². The van der Waals surface area contributed by atoms with Crippen molar-refractivity contribution in [3.63, 3.8) is 0 Å². The molecule has 0 spiro atoms. The molecule has 1 fully saturated rings. The number of amides is 1. The van der Waals surface area contributed by atoms with Crippen LogP contribution in [0.25, 0.3) is 11.1 Å². The fraction of sp³-hybridized carbons (Fsp3) is 0.389. The van der Waals surface area contributed by atoms with Crippen LogP contribution in [0.1, 0.15) is 37.7 Å². The maximum absolute atomic E-state index is 12.3. The normalized spacial score (nSPS) is 15.8. The topological polar surface area (TPSA) is 29.1 Å². The SMILES string of the molecule is O=C(NCc1ccccc1-c1ccsc1)C1CCCCC1. The van der Waals surface area contributed by atoms with E-state index >= 15 is 0 Å². The van der Waals surface area contributed by atoms with E-state index in [1.807, 2.05) is 6.07 Å². The lowest BCUT2D eigenvalue weighted by atomic mass is 9.88. The number of carbonyl (C=O) groups excluding carboxylic acids is 1. The van der Waals surface area contributed by atoms with Gasteiger partial charge in [0, 0.05) is 12.5 Å². The molecular weight excluding hydrogens is 278 g/mol. The summed E-state index contributed by atoms with van der Waals surface area (Å²) in [5, 5.41) is 7.38. The second-order valence-corrected chi connectivity index (χ2v) is 6.50. The Kier molecular flexibility index (Phi) is 4.71.